The molecule has 0 bridgehead atoms. The number of amides is 1. The van der Waals surface area contributed by atoms with Crippen molar-refractivity contribution in [1.29, 1.82) is 0 Å². The maximum absolute atomic E-state index is 12.2. The fourth-order valence-electron chi connectivity index (χ4n) is 1.81. The highest BCUT2D eigenvalue weighted by Crippen LogP contribution is 2.18. The molecule has 110 valence electrons. The molecule has 0 aliphatic rings. The number of hydrogen-bond donors (Lipinski definition) is 2. The van der Waals surface area contributed by atoms with Crippen molar-refractivity contribution in [2.75, 3.05) is 5.32 Å². The Labute approximate surface area is 131 Å². The molecule has 0 unspecified atom stereocenters. The van der Waals surface area contributed by atoms with Gasteiger partial charge >= 0.3 is 0 Å². The maximum Gasteiger partial charge on any atom is 0.255 e. The van der Waals surface area contributed by atoms with Crippen molar-refractivity contribution >= 4 is 37.5 Å². The van der Waals surface area contributed by atoms with Gasteiger partial charge in [-0.3, -0.25) is 4.79 Å². The molecule has 0 aliphatic carbocycles. The molecule has 2 aromatic rings. The Kier molecular flexibility index (Phi) is 4.46. The zero-order valence-corrected chi connectivity index (χ0v) is 13.5. The molecule has 2 aromatic carbocycles. The van der Waals surface area contributed by atoms with E-state index in [2.05, 4.69) is 21.2 Å². The van der Waals surface area contributed by atoms with Crippen LogP contribution in [0.5, 0.6) is 0 Å². The molecule has 2 rings (SSSR count). The number of carbonyl (C=O) groups excluding carboxylic acids is 1. The van der Waals surface area contributed by atoms with Crippen LogP contribution >= 0.6 is 15.9 Å². The second kappa shape index (κ2) is 5.97. The van der Waals surface area contributed by atoms with Crippen LogP contribution in [0, 0.1) is 6.92 Å². The lowest BCUT2D eigenvalue weighted by Gasteiger charge is -2.08. The summed E-state index contributed by atoms with van der Waals surface area (Å²) < 4.78 is 23.2. The Morgan fingerprint density at radius 1 is 1.14 bits per heavy atom. The van der Waals surface area contributed by atoms with Gasteiger partial charge in [0.25, 0.3) is 5.91 Å². The molecule has 0 saturated carbocycles. The number of benzene rings is 2. The normalized spacial score (nSPS) is 11.2. The summed E-state index contributed by atoms with van der Waals surface area (Å²) in [4.78, 5) is 12.2. The smallest absolute Gasteiger partial charge is 0.255 e. The predicted octanol–water partition coefficient (Wildman–Crippen LogP) is 2.66. The number of nitrogens with two attached hydrogens (primary N) is 1. The van der Waals surface area contributed by atoms with E-state index in [1.165, 1.54) is 24.3 Å². The predicted molar refractivity (Wildman–Crippen MR) is 84.6 cm³/mol. The first-order valence-corrected chi connectivity index (χ1v) is 8.31. The van der Waals surface area contributed by atoms with Crippen LogP contribution in [0.1, 0.15) is 15.9 Å². The van der Waals surface area contributed by atoms with Crippen LogP contribution < -0.4 is 10.5 Å². The first-order chi connectivity index (χ1) is 9.77. The third kappa shape index (κ3) is 3.90. The second-order valence-corrected chi connectivity index (χ2v) is 6.96. The van der Waals surface area contributed by atoms with E-state index in [1.54, 1.807) is 12.1 Å². The number of rotatable bonds is 3. The quantitative estimate of drug-likeness (QED) is 0.872. The molecule has 0 aliphatic heterocycles. The van der Waals surface area contributed by atoms with Gasteiger partial charge in [-0.1, -0.05) is 15.9 Å². The zero-order chi connectivity index (χ0) is 15.6. The Balaban J connectivity index is 2.20. The van der Waals surface area contributed by atoms with Gasteiger partial charge in [0.1, 0.15) is 0 Å². The van der Waals surface area contributed by atoms with E-state index < -0.39 is 10.0 Å². The lowest BCUT2D eigenvalue weighted by Crippen LogP contribution is -2.14. The molecule has 1 amide bonds. The molecule has 0 atom stereocenters. The topological polar surface area (TPSA) is 89.3 Å². The second-order valence-electron chi connectivity index (χ2n) is 4.48. The molecule has 5 nitrogen and oxygen atoms in total. The van der Waals surface area contributed by atoms with E-state index in [9.17, 15) is 13.2 Å². The summed E-state index contributed by atoms with van der Waals surface area (Å²) >= 11 is 3.34. The zero-order valence-electron chi connectivity index (χ0n) is 11.1. The van der Waals surface area contributed by atoms with Crippen molar-refractivity contribution < 1.29 is 13.2 Å². The SMILES string of the molecule is Cc1cc(Br)ccc1C(=O)Nc1ccc(S(N)(=O)=O)cc1. The van der Waals surface area contributed by atoms with Gasteiger partial charge in [-0.2, -0.15) is 0 Å². The molecule has 0 fully saturated rings. The highest BCUT2D eigenvalue weighted by Gasteiger charge is 2.11. The summed E-state index contributed by atoms with van der Waals surface area (Å²) in [5, 5.41) is 7.72. The Bertz CT molecular complexity index is 786. The van der Waals surface area contributed by atoms with Crippen LogP contribution in [0.2, 0.25) is 0 Å². The van der Waals surface area contributed by atoms with Crippen LogP contribution in [0.15, 0.2) is 51.8 Å². The van der Waals surface area contributed by atoms with Crippen molar-refractivity contribution in [3.8, 4) is 0 Å². The standard InChI is InChI=1S/C14H13BrN2O3S/c1-9-8-10(15)2-7-13(9)14(18)17-11-3-5-12(6-4-11)21(16,19)20/h2-8H,1H3,(H,17,18)(H2,16,19,20). The Morgan fingerprint density at radius 2 is 1.76 bits per heavy atom. The van der Waals surface area contributed by atoms with E-state index in [-0.39, 0.29) is 10.8 Å². The molecule has 0 spiro atoms. The average molecular weight is 369 g/mol. The number of hydrogen-bond acceptors (Lipinski definition) is 3. The third-order valence-electron chi connectivity index (χ3n) is 2.87. The summed E-state index contributed by atoms with van der Waals surface area (Å²) in [6.07, 6.45) is 0. The molecule has 0 radical (unpaired) electrons. The van der Waals surface area contributed by atoms with Gasteiger partial charge < -0.3 is 5.32 Å². The summed E-state index contributed by atoms with van der Waals surface area (Å²) in [7, 11) is -3.73. The Hall–Kier alpha value is -1.70. The minimum absolute atomic E-state index is 0.000297. The van der Waals surface area contributed by atoms with Gasteiger partial charge in [0.2, 0.25) is 10.0 Å². The number of carbonyl (C=O) groups is 1. The van der Waals surface area contributed by atoms with Gasteiger partial charge in [-0.15, -0.1) is 0 Å². The van der Waals surface area contributed by atoms with Crippen molar-refractivity contribution in [3.63, 3.8) is 0 Å². The minimum atomic E-state index is -3.73. The largest absolute Gasteiger partial charge is 0.322 e. The Morgan fingerprint density at radius 3 is 2.29 bits per heavy atom. The molecule has 21 heavy (non-hydrogen) atoms. The molecular weight excluding hydrogens is 356 g/mol. The summed E-state index contributed by atoms with van der Waals surface area (Å²) in [6.45, 7) is 1.84. The minimum Gasteiger partial charge on any atom is -0.322 e. The van der Waals surface area contributed by atoms with Gasteiger partial charge in [0, 0.05) is 15.7 Å². The molecule has 7 heteroatoms. The highest BCUT2D eigenvalue weighted by atomic mass is 79.9. The number of primary sulfonamides is 1. The summed E-state index contributed by atoms with van der Waals surface area (Å²) in [5.41, 5.74) is 1.88. The highest BCUT2D eigenvalue weighted by molar-refractivity contribution is 9.10. The molecule has 0 heterocycles. The molecule has 0 saturated heterocycles. The molecule has 3 N–H and O–H groups in total. The van der Waals surface area contributed by atoms with Crippen LogP contribution in [0.3, 0.4) is 0 Å². The van der Waals surface area contributed by atoms with Gasteiger partial charge in [-0.25, -0.2) is 13.6 Å². The lowest BCUT2D eigenvalue weighted by molar-refractivity contribution is 0.102. The van der Waals surface area contributed by atoms with Gasteiger partial charge in [0.05, 0.1) is 4.90 Å². The van der Waals surface area contributed by atoms with E-state index in [0.29, 0.717) is 11.3 Å². The number of sulfonamides is 1. The van der Waals surface area contributed by atoms with Crippen LogP contribution in [0.25, 0.3) is 0 Å². The number of halogens is 1. The summed E-state index contributed by atoms with van der Waals surface area (Å²) in [6, 6.07) is 11.0. The van der Waals surface area contributed by atoms with Crippen molar-refractivity contribution in [3.05, 3.63) is 58.1 Å². The van der Waals surface area contributed by atoms with Crippen LogP contribution in [-0.4, -0.2) is 14.3 Å². The van der Waals surface area contributed by atoms with Crippen molar-refractivity contribution in [2.45, 2.75) is 11.8 Å². The first kappa shape index (κ1) is 15.7. The van der Waals surface area contributed by atoms with E-state index in [4.69, 9.17) is 5.14 Å². The monoisotopic (exact) mass is 368 g/mol. The number of nitrogens with one attached hydrogen (secondary N) is 1. The maximum atomic E-state index is 12.2. The van der Waals surface area contributed by atoms with Crippen LogP contribution in [0.4, 0.5) is 5.69 Å². The summed E-state index contributed by atoms with van der Waals surface area (Å²) in [5.74, 6) is -0.261. The van der Waals surface area contributed by atoms with E-state index in [0.717, 1.165) is 10.0 Å². The van der Waals surface area contributed by atoms with E-state index >= 15 is 0 Å². The molecule has 0 aromatic heterocycles. The van der Waals surface area contributed by atoms with Gasteiger partial charge in [-0.05, 0) is 55.0 Å². The third-order valence-corrected chi connectivity index (χ3v) is 4.30. The van der Waals surface area contributed by atoms with E-state index in [1.807, 2.05) is 13.0 Å². The van der Waals surface area contributed by atoms with Crippen molar-refractivity contribution in [2.24, 2.45) is 5.14 Å². The fraction of sp³-hybridized carbons (Fsp3) is 0.0714. The number of aryl methyl sites for hydroxylation is 1. The fourth-order valence-corrected chi connectivity index (χ4v) is 2.80. The lowest BCUT2D eigenvalue weighted by atomic mass is 10.1. The van der Waals surface area contributed by atoms with Gasteiger partial charge in [0.15, 0.2) is 0 Å². The van der Waals surface area contributed by atoms with Crippen molar-refractivity contribution in [1.82, 2.24) is 0 Å². The first-order valence-electron chi connectivity index (χ1n) is 5.98. The number of anilines is 1. The average Bonchev–Trinajstić information content (AvgIpc) is 2.38. The van der Waals surface area contributed by atoms with Crippen LogP contribution in [-0.2, 0) is 10.0 Å². The molecular formula is C14H13BrN2O3S.